The Morgan fingerprint density at radius 1 is 1.11 bits per heavy atom. The number of aromatic nitrogens is 2. The van der Waals surface area contributed by atoms with E-state index in [4.69, 9.17) is 9.47 Å². The van der Waals surface area contributed by atoms with Gasteiger partial charge < -0.3 is 14.8 Å². The molecule has 2 aromatic carbocycles. The fraction of sp³-hybridized carbons (Fsp3) is 0.414. The highest BCUT2D eigenvalue weighted by Gasteiger charge is 2.39. The van der Waals surface area contributed by atoms with Crippen molar-refractivity contribution in [1.82, 2.24) is 14.9 Å². The lowest BCUT2D eigenvalue weighted by molar-refractivity contribution is 0.00854. The number of hydrogen-bond donors (Lipinski definition) is 1. The Bertz CT molecular complexity index is 1270. The van der Waals surface area contributed by atoms with Gasteiger partial charge >= 0.3 is 5.97 Å². The summed E-state index contributed by atoms with van der Waals surface area (Å²) in [5.74, 6) is 3.37. The Hall–Kier alpha value is -3.10. The van der Waals surface area contributed by atoms with Gasteiger partial charge in [-0.25, -0.2) is 14.8 Å². The molecule has 2 unspecified atom stereocenters. The molecule has 2 aliphatic heterocycles. The Morgan fingerprint density at radius 2 is 1.95 bits per heavy atom. The van der Waals surface area contributed by atoms with Gasteiger partial charge in [0.25, 0.3) is 0 Å². The van der Waals surface area contributed by atoms with Gasteiger partial charge in [0, 0.05) is 36.9 Å². The lowest BCUT2D eigenvalue weighted by atomic mass is 9.67. The number of benzene rings is 2. The number of anilines is 2. The molecule has 1 aliphatic carbocycles. The van der Waals surface area contributed by atoms with Crippen molar-refractivity contribution in [3.8, 4) is 5.75 Å². The molecule has 1 saturated heterocycles. The molecule has 3 aliphatic rings. The standard InChI is InChI=1S/C29H32N4O3S/c1-35-29(34)20-4-3-7-23(15-20)36-13-10-24-21-5-2-6-22(24)18-33(17-21)16-19-8-9-26-25(14-19)32-27-28(37-26)31-12-11-30-27/h3-4,7-9,11-12,14-15,21-22,24H,2,5-6,10,13,16-18H2,1H3,(H,30,32). The van der Waals surface area contributed by atoms with Crippen LogP contribution in [-0.4, -0.2) is 47.6 Å². The molecule has 3 heterocycles. The van der Waals surface area contributed by atoms with Gasteiger partial charge in [0.15, 0.2) is 5.82 Å². The van der Waals surface area contributed by atoms with Crippen LogP contribution in [0.25, 0.3) is 0 Å². The summed E-state index contributed by atoms with van der Waals surface area (Å²) in [4.78, 5) is 24.5. The zero-order valence-corrected chi connectivity index (χ0v) is 21.9. The van der Waals surface area contributed by atoms with E-state index in [9.17, 15) is 4.79 Å². The van der Waals surface area contributed by atoms with Crippen LogP contribution in [-0.2, 0) is 11.3 Å². The number of carbonyl (C=O) groups is 1. The lowest BCUT2D eigenvalue weighted by Crippen LogP contribution is -2.48. The number of hydrogen-bond acceptors (Lipinski definition) is 8. The third-order valence-electron chi connectivity index (χ3n) is 7.90. The summed E-state index contributed by atoms with van der Waals surface area (Å²) in [7, 11) is 1.40. The maximum absolute atomic E-state index is 11.8. The molecule has 37 heavy (non-hydrogen) atoms. The van der Waals surface area contributed by atoms with Crippen LogP contribution in [0.15, 0.2) is 64.8 Å². The van der Waals surface area contributed by atoms with Crippen LogP contribution in [0.4, 0.5) is 11.5 Å². The molecular formula is C29H32N4O3S. The fourth-order valence-corrected chi connectivity index (χ4v) is 7.11. The monoisotopic (exact) mass is 516 g/mol. The van der Waals surface area contributed by atoms with Gasteiger partial charge in [-0.1, -0.05) is 30.3 Å². The molecule has 2 bridgehead atoms. The largest absolute Gasteiger partial charge is 0.494 e. The molecule has 6 rings (SSSR count). The van der Waals surface area contributed by atoms with Crippen LogP contribution in [0, 0.1) is 17.8 Å². The SMILES string of the molecule is COC(=O)c1cccc(OCCC2C3CCCC2CN(Cc2ccc4c(c2)Nc2nccnc2S4)C3)c1. The zero-order valence-electron chi connectivity index (χ0n) is 21.1. The first-order chi connectivity index (χ1) is 18.2. The summed E-state index contributed by atoms with van der Waals surface area (Å²) in [6.45, 7) is 3.95. The van der Waals surface area contributed by atoms with Crippen LogP contribution in [0.5, 0.6) is 5.75 Å². The Labute approximate surface area is 222 Å². The Morgan fingerprint density at radius 3 is 2.78 bits per heavy atom. The van der Waals surface area contributed by atoms with Crippen molar-refractivity contribution in [1.29, 1.82) is 0 Å². The van der Waals surface area contributed by atoms with Gasteiger partial charge in [0.05, 0.1) is 25.0 Å². The number of nitrogens with zero attached hydrogens (tertiary/aromatic N) is 3. The van der Waals surface area contributed by atoms with Crippen molar-refractivity contribution in [2.75, 3.05) is 32.1 Å². The third-order valence-corrected chi connectivity index (χ3v) is 8.96. The highest BCUT2D eigenvalue weighted by molar-refractivity contribution is 7.99. The molecule has 0 spiro atoms. The van der Waals surface area contributed by atoms with Crippen LogP contribution >= 0.6 is 11.8 Å². The average Bonchev–Trinajstić information content (AvgIpc) is 2.92. The molecule has 0 amide bonds. The molecule has 2 atom stereocenters. The summed E-state index contributed by atoms with van der Waals surface area (Å²) in [5.41, 5.74) is 2.99. The Balaban J connectivity index is 1.05. The fourth-order valence-electron chi connectivity index (χ4n) is 6.23. The highest BCUT2D eigenvalue weighted by atomic mass is 32.2. The number of nitrogens with one attached hydrogen (secondary N) is 1. The summed E-state index contributed by atoms with van der Waals surface area (Å²) >= 11 is 1.68. The minimum Gasteiger partial charge on any atom is -0.494 e. The Kier molecular flexibility index (Phi) is 7.02. The van der Waals surface area contributed by atoms with Gasteiger partial charge in [0.1, 0.15) is 10.8 Å². The molecule has 0 radical (unpaired) electrons. The number of rotatable bonds is 7. The topological polar surface area (TPSA) is 76.6 Å². The third kappa shape index (κ3) is 5.31. The highest BCUT2D eigenvalue weighted by Crippen LogP contribution is 2.44. The normalized spacial score (nSPS) is 22.4. The van der Waals surface area contributed by atoms with Crippen LogP contribution in [0.1, 0.15) is 41.6 Å². The van der Waals surface area contributed by atoms with E-state index in [1.807, 2.05) is 12.1 Å². The number of ether oxygens (including phenoxy) is 2. The maximum Gasteiger partial charge on any atom is 0.337 e. The minimum absolute atomic E-state index is 0.334. The molecule has 1 N–H and O–H groups in total. The van der Waals surface area contributed by atoms with Crippen molar-refractivity contribution in [3.63, 3.8) is 0 Å². The smallest absolute Gasteiger partial charge is 0.337 e. The minimum atomic E-state index is -0.334. The van der Waals surface area contributed by atoms with Gasteiger partial charge in [-0.15, -0.1) is 0 Å². The van der Waals surface area contributed by atoms with Gasteiger partial charge in [-0.05, 0) is 72.9 Å². The molecular weight excluding hydrogens is 484 g/mol. The molecule has 7 nitrogen and oxygen atoms in total. The summed E-state index contributed by atoms with van der Waals surface area (Å²) in [5, 5.41) is 4.39. The quantitative estimate of drug-likeness (QED) is 0.310. The van der Waals surface area contributed by atoms with Crippen LogP contribution < -0.4 is 10.1 Å². The number of carbonyl (C=O) groups excluding carboxylic acids is 1. The molecule has 3 aromatic rings. The van der Waals surface area contributed by atoms with E-state index < -0.39 is 0 Å². The zero-order chi connectivity index (χ0) is 25.2. The molecule has 1 saturated carbocycles. The van der Waals surface area contributed by atoms with Crippen molar-refractivity contribution in [2.45, 2.75) is 42.1 Å². The predicted octanol–water partition coefficient (Wildman–Crippen LogP) is 5.79. The maximum atomic E-state index is 11.8. The van der Waals surface area contributed by atoms with E-state index in [0.717, 1.165) is 48.3 Å². The van der Waals surface area contributed by atoms with Gasteiger partial charge in [-0.3, -0.25) is 4.90 Å². The van der Waals surface area contributed by atoms with Crippen LogP contribution in [0.2, 0.25) is 0 Å². The van der Waals surface area contributed by atoms with E-state index in [2.05, 4.69) is 38.4 Å². The predicted molar refractivity (Wildman–Crippen MR) is 143 cm³/mol. The number of fused-ring (bicyclic) bond motifs is 4. The second kappa shape index (κ2) is 10.7. The van der Waals surface area contributed by atoms with Gasteiger partial charge in [0.2, 0.25) is 0 Å². The van der Waals surface area contributed by atoms with E-state index in [1.54, 1.807) is 36.3 Å². The number of piperidine rings is 1. The van der Waals surface area contributed by atoms with Crippen molar-refractivity contribution in [2.24, 2.45) is 17.8 Å². The van der Waals surface area contributed by atoms with Crippen molar-refractivity contribution in [3.05, 3.63) is 66.0 Å². The second-order valence-electron chi connectivity index (χ2n) is 10.2. The van der Waals surface area contributed by atoms with Crippen molar-refractivity contribution < 1.29 is 14.3 Å². The van der Waals surface area contributed by atoms with E-state index in [-0.39, 0.29) is 5.97 Å². The first-order valence-electron chi connectivity index (χ1n) is 13.1. The van der Waals surface area contributed by atoms with E-state index in [1.165, 1.54) is 36.8 Å². The number of methoxy groups -OCH3 is 1. The summed E-state index contributed by atoms with van der Waals surface area (Å²) in [6, 6.07) is 14.0. The summed E-state index contributed by atoms with van der Waals surface area (Å²) in [6.07, 6.45) is 8.46. The number of esters is 1. The average molecular weight is 517 g/mol. The molecule has 8 heteroatoms. The number of likely N-dealkylation sites (tertiary alicyclic amines) is 1. The van der Waals surface area contributed by atoms with Crippen LogP contribution in [0.3, 0.4) is 0 Å². The summed E-state index contributed by atoms with van der Waals surface area (Å²) < 4.78 is 10.9. The molecule has 1 aromatic heterocycles. The van der Waals surface area contributed by atoms with Gasteiger partial charge in [-0.2, -0.15) is 0 Å². The lowest BCUT2D eigenvalue weighted by Gasteiger charge is -2.47. The van der Waals surface area contributed by atoms with E-state index >= 15 is 0 Å². The first-order valence-corrected chi connectivity index (χ1v) is 13.9. The molecule has 2 fully saturated rings. The first kappa shape index (κ1) is 24.2. The van der Waals surface area contributed by atoms with E-state index in [0.29, 0.717) is 29.9 Å². The van der Waals surface area contributed by atoms with Crippen molar-refractivity contribution >= 4 is 29.2 Å². The second-order valence-corrected chi connectivity index (χ2v) is 11.3. The molecule has 192 valence electrons.